The van der Waals surface area contributed by atoms with Crippen LogP contribution >= 0.6 is 0 Å². The maximum atomic E-state index is 6.21. The van der Waals surface area contributed by atoms with E-state index in [4.69, 9.17) is 9.40 Å². The van der Waals surface area contributed by atoms with Crippen molar-refractivity contribution >= 4 is 60.0 Å². The summed E-state index contributed by atoms with van der Waals surface area (Å²) in [6, 6.07) is 48.3. The zero-order valence-corrected chi connectivity index (χ0v) is 29.7. The van der Waals surface area contributed by atoms with Gasteiger partial charge in [-0.2, -0.15) is 0 Å². The summed E-state index contributed by atoms with van der Waals surface area (Å²) >= 11 is 0. The minimum absolute atomic E-state index is 0. The van der Waals surface area contributed by atoms with Gasteiger partial charge in [-0.1, -0.05) is 80.8 Å². The first kappa shape index (κ1) is 30.9. The number of para-hydroxylation sites is 2. The third-order valence-electron chi connectivity index (χ3n) is 9.30. The molecular formula is C44H31IrN3O-2. The van der Waals surface area contributed by atoms with Crippen LogP contribution in [0, 0.1) is 12.1 Å². The van der Waals surface area contributed by atoms with Gasteiger partial charge in [0.1, 0.15) is 11.2 Å². The molecule has 0 atom stereocenters. The van der Waals surface area contributed by atoms with Crippen molar-refractivity contribution in [3.05, 3.63) is 151 Å². The summed E-state index contributed by atoms with van der Waals surface area (Å²) in [5, 5.41) is 7.34. The molecule has 0 aliphatic heterocycles. The smallest absolute Gasteiger partial charge is 0.136 e. The van der Waals surface area contributed by atoms with Crippen molar-refractivity contribution in [2.45, 2.75) is 26.2 Å². The Balaban J connectivity index is 0.000000228. The topological polar surface area (TPSA) is 43.3 Å². The van der Waals surface area contributed by atoms with Gasteiger partial charge in [-0.3, -0.25) is 0 Å². The van der Waals surface area contributed by atoms with E-state index in [0.29, 0.717) is 0 Å². The van der Waals surface area contributed by atoms with E-state index in [1.807, 2.05) is 60.8 Å². The molecule has 0 aliphatic rings. The number of fused-ring (bicyclic) bond motifs is 10. The van der Waals surface area contributed by atoms with Crippen molar-refractivity contribution < 1.29 is 24.5 Å². The van der Waals surface area contributed by atoms with E-state index >= 15 is 0 Å². The van der Waals surface area contributed by atoms with Crippen LogP contribution in [0.25, 0.3) is 82.5 Å². The van der Waals surface area contributed by atoms with Gasteiger partial charge < -0.3 is 18.8 Å². The average molecular weight is 810 g/mol. The molecule has 0 fully saturated rings. The second-order valence-electron chi connectivity index (χ2n) is 13.3. The Bertz CT molecular complexity index is 2720. The number of pyridine rings is 2. The molecular weight excluding hydrogens is 779 g/mol. The Morgan fingerprint density at radius 2 is 1.39 bits per heavy atom. The molecule has 239 valence electrons. The third-order valence-corrected chi connectivity index (χ3v) is 9.30. The van der Waals surface area contributed by atoms with E-state index in [1.54, 1.807) is 6.20 Å². The van der Waals surface area contributed by atoms with Gasteiger partial charge >= 0.3 is 0 Å². The molecule has 0 amide bonds. The van der Waals surface area contributed by atoms with Crippen LogP contribution in [0.3, 0.4) is 0 Å². The van der Waals surface area contributed by atoms with Crippen LogP contribution in [0.5, 0.6) is 0 Å². The molecule has 0 N–H and O–H groups in total. The first-order valence-electron chi connectivity index (χ1n) is 16.2. The van der Waals surface area contributed by atoms with Crippen LogP contribution in [-0.2, 0) is 25.5 Å². The molecule has 5 aromatic heterocycles. The molecule has 5 heteroatoms. The zero-order valence-electron chi connectivity index (χ0n) is 27.3. The van der Waals surface area contributed by atoms with E-state index in [2.05, 4.69) is 109 Å². The second-order valence-corrected chi connectivity index (χ2v) is 13.3. The van der Waals surface area contributed by atoms with Gasteiger partial charge in [0, 0.05) is 59.6 Å². The van der Waals surface area contributed by atoms with Gasteiger partial charge in [0.25, 0.3) is 0 Å². The largest absolute Gasteiger partial charge is 0.456 e. The Kier molecular flexibility index (Phi) is 7.55. The number of hydrogen-bond donors (Lipinski definition) is 0. The van der Waals surface area contributed by atoms with E-state index in [1.165, 1.54) is 49.0 Å². The molecule has 0 aliphatic carbocycles. The standard InChI is InChI=1S/C33H23N2O.C11H8N.Ir/c1-33(2,3)20-15-16-34-25(18-20)19-11-12-26-24(17-19)21-8-6-9-23-30-27(35(26)32(21)23)13-14-29-31(30)22-7-4-5-10-28(22)36-29;1-2-6-10(7-3-1)11-8-4-5-9-12-11;/h4-10,12-18H,1-3H3;1-6,8-9H;/q2*-1;. The van der Waals surface area contributed by atoms with Crippen LogP contribution in [0.15, 0.2) is 138 Å². The Morgan fingerprint density at radius 3 is 2.20 bits per heavy atom. The third kappa shape index (κ3) is 5.09. The fraction of sp³-hybridized carbons (Fsp3) is 0.0909. The van der Waals surface area contributed by atoms with Crippen LogP contribution in [0.1, 0.15) is 26.3 Å². The summed E-state index contributed by atoms with van der Waals surface area (Å²) in [6.07, 6.45) is 3.70. The number of rotatable bonds is 2. The monoisotopic (exact) mass is 810 g/mol. The molecule has 49 heavy (non-hydrogen) atoms. The molecule has 0 spiro atoms. The van der Waals surface area contributed by atoms with E-state index < -0.39 is 0 Å². The number of nitrogens with zero attached hydrogens (tertiary/aromatic N) is 3. The number of benzene rings is 5. The van der Waals surface area contributed by atoms with Gasteiger partial charge in [0.15, 0.2) is 0 Å². The maximum absolute atomic E-state index is 6.21. The molecule has 10 rings (SSSR count). The zero-order chi connectivity index (χ0) is 32.4. The first-order valence-corrected chi connectivity index (χ1v) is 16.2. The Labute approximate surface area is 297 Å². The van der Waals surface area contributed by atoms with Gasteiger partial charge in [0.05, 0.1) is 5.52 Å². The van der Waals surface area contributed by atoms with Gasteiger partial charge in [-0.05, 0) is 63.6 Å². The molecule has 0 saturated heterocycles. The van der Waals surface area contributed by atoms with Crippen molar-refractivity contribution in [3.8, 4) is 22.5 Å². The maximum Gasteiger partial charge on any atom is 0.136 e. The molecule has 4 nitrogen and oxygen atoms in total. The number of aromatic nitrogens is 3. The summed E-state index contributed by atoms with van der Waals surface area (Å²) in [4.78, 5) is 8.91. The summed E-state index contributed by atoms with van der Waals surface area (Å²) in [6.45, 7) is 6.70. The van der Waals surface area contributed by atoms with Gasteiger partial charge in [-0.15, -0.1) is 59.7 Å². The van der Waals surface area contributed by atoms with Crippen molar-refractivity contribution in [3.63, 3.8) is 0 Å². The Morgan fingerprint density at radius 1 is 0.592 bits per heavy atom. The summed E-state index contributed by atoms with van der Waals surface area (Å²) in [5.41, 5.74) is 10.8. The SMILES string of the molecule is CC(C)(C)c1ccnc(-c2[c-]cc3c(c2)c2cccc4c5c6c(ccc5n3c24)oc2ccccc26)c1.[Ir].[c-]1ccccc1-c1ccccn1. The fourth-order valence-electron chi connectivity index (χ4n) is 6.99. The van der Waals surface area contributed by atoms with Crippen molar-refractivity contribution in [2.75, 3.05) is 0 Å². The summed E-state index contributed by atoms with van der Waals surface area (Å²) in [7, 11) is 0. The van der Waals surface area contributed by atoms with Crippen molar-refractivity contribution in [1.29, 1.82) is 0 Å². The van der Waals surface area contributed by atoms with Crippen molar-refractivity contribution in [2.24, 2.45) is 0 Å². The van der Waals surface area contributed by atoms with E-state index in [9.17, 15) is 0 Å². The Hall–Kier alpha value is -5.35. The van der Waals surface area contributed by atoms with Crippen LogP contribution in [0.2, 0.25) is 0 Å². The predicted molar refractivity (Wildman–Crippen MR) is 198 cm³/mol. The summed E-state index contributed by atoms with van der Waals surface area (Å²) in [5.74, 6) is 0. The first-order chi connectivity index (χ1) is 23.5. The fourth-order valence-corrected chi connectivity index (χ4v) is 6.99. The molecule has 1 radical (unpaired) electrons. The molecule has 0 saturated carbocycles. The van der Waals surface area contributed by atoms with Crippen molar-refractivity contribution in [1.82, 2.24) is 14.4 Å². The summed E-state index contributed by atoms with van der Waals surface area (Å²) < 4.78 is 8.61. The number of furan rings is 1. The van der Waals surface area contributed by atoms with E-state index in [0.717, 1.165) is 39.1 Å². The molecule has 10 aromatic rings. The predicted octanol–water partition coefficient (Wildman–Crippen LogP) is 11.4. The quantitative estimate of drug-likeness (QED) is 0.163. The van der Waals surface area contributed by atoms with Gasteiger partial charge in [0.2, 0.25) is 0 Å². The van der Waals surface area contributed by atoms with Crippen LogP contribution < -0.4 is 0 Å². The second kappa shape index (κ2) is 12.0. The molecule has 5 heterocycles. The van der Waals surface area contributed by atoms with E-state index in [-0.39, 0.29) is 25.5 Å². The normalized spacial score (nSPS) is 11.8. The van der Waals surface area contributed by atoms with Crippen LogP contribution in [0.4, 0.5) is 0 Å². The molecule has 0 unspecified atom stereocenters. The van der Waals surface area contributed by atoms with Crippen LogP contribution in [-0.4, -0.2) is 14.4 Å². The average Bonchev–Trinajstić information content (AvgIpc) is 3.79. The molecule has 0 bridgehead atoms. The minimum Gasteiger partial charge on any atom is -0.456 e. The number of hydrogen-bond acceptors (Lipinski definition) is 3. The van der Waals surface area contributed by atoms with Gasteiger partial charge in [-0.25, -0.2) is 0 Å². The molecule has 5 aromatic carbocycles. The minimum atomic E-state index is 0.